The van der Waals surface area contributed by atoms with E-state index in [0.29, 0.717) is 39.8 Å². The summed E-state index contributed by atoms with van der Waals surface area (Å²) in [6.45, 7) is 2.22. The highest BCUT2D eigenvalue weighted by atomic mass is 35.5. The molecule has 1 saturated heterocycles. The summed E-state index contributed by atoms with van der Waals surface area (Å²) >= 11 is 6.17. The van der Waals surface area contributed by atoms with Gasteiger partial charge in [0.15, 0.2) is 11.6 Å². The summed E-state index contributed by atoms with van der Waals surface area (Å²) in [5.41, 5.74) is 2.52. The fourth-order valence-corrected chi connectivity index (χ4v) is 7.20. The van der Waals surface area contributed by atoms with E-state index in [0.717, 1.165) is 11.1 Å². The highest BCUT2D eigenvalue weighted by molar-refractivity contribution is 6.30. The Morgan fingerprint density at radius 3 is 2.43 bits per heavy atom. The Bertz CT molecular complexity index is 1780. The van der Waals surface area contributed by atoms with Crippen LogP contribution in [0.5, 0.6) is 5.75 Å². The number of Topliss-reactive ketones (excluding diaryl/α,β-unsaturated/α-hetero) is 2. The van der Waals surface area contributed by atoms with Crippen LogP contribution in [0, 0.1) is 5.92 Å². The second kappa shape index (κ2) is 10.00. The van der Waals surface area contributed by atoms with Crippen molar-refractivity contribution in [2.75, 3.05) is 11.9 Å². The standard InChI is InChI=1S/C35H27ClN2O4/c1-2-42-28-14-8-5-11-25(28)32(40)29-30(31(39)22-15-17-23(36)18-16-22)38-20-19-21-9-3-4-10-24(21)33(38)35(29)26-12-6-7-13-27(26)37-34(35)41/h3-20,29-30,33H,2H2,1H3,(H,37,41)/t29-,30+,33-,35+/m0/s1. The molecule has 3 aliphatic heterocycles. The molecule has 4 aromatic carbocycles. The molecule has 3 aliphatic rings. The number of halogens is 1. The maximum absolute atomic E-state index is 15.0. The molecule has 0 saturated carbocycles. The molecule has 1 amide bonds. The Balaban J connectivity index is 1.54. The second-order valence-electron chi connectivity index (χ2n) is 10.8. The van der Waals surface area contributed by atoms with Crippen LogP contribution in [0.1, 0.15) is 50.4 Å². The van der Waals surface area contributed by atoms with E-state index in [1.165, 1.54) is 0 Å². The van der Waals surface area contributed by atoms with Crippen molar-refractivity contribution in [2.24, 2.45) is 5.92 Å². The number of rotatable bonds is 6. The molecule has 1 N–H and O–H groups in total. The second-order valence-corrected chi connectivity index (χ2v) is 11.2. The molecular formula is C35H27ClN2O4. The van der Waals surface area contributed by atoms with Crippen LogP contribution < -0.4 is 10.1 Å². The van der Waals surface area contributed by atoms with Gasteiger partial charge in [-0.1, -0.05) is 66.2 Å². The first kappa shape index (κ1) is 26.2. The quantitative estimate of drug-likeness (QED) is 0.259. The molecule has 208 valence electrons. The number of ether oxygens (including phenoxy) is 1. The van der Waals surface area contributed by atoms with Crippen LogP contribution in [0.2, 0.25) is 5.02 Å². The van der Waals surface area contributed by atoms with Crippen LogP contribution in [-0.4, -0.2) is 35.0 Å². The molecule has 0 aromatic heterocycles. The first-order chi connectivity index (χ1) is 20.5. The molecule has 7 heteroatoms. The van der Waals surface area contributed by atoms with Crippen molar-refractivity contribution in [3.63, 3.8) is 0 Å². The SMILES string of the molecule is CCOc1ccccc1C(=O)[C@@H]1[C@H](C(=O)c2ccc(Cl)cc2)N2C=Cc3ccccc3[C@H]2[C@]12C(=O)Nc1ccccc12. The van der Waals surface area contributed by atoms with Crippen LogP contribution >= 0.6 is 11.6 Å². The van der Waals surface area contributed by atoms with Crippen molar-refractivity contribution in [1.82, 2.24) is 4.90 Å². The Hall–Kier alpha value is -4.68. The molecule has 0 bridgehead atoms. The Labute approximate surface area is 248 Å². The lowest BCUT2D eigenvalue weighted by atomic mass is 9.62. The topological polar surface area (TPSA) is 75.7 Å². The highest BCUT2D eigenvalue weighted by Gasteiger charge is 2.70. The number of hydrogen-bond acceptors (Lipinski definition) is 5. The van der Waals surface area contributed by atoms with Gasteiger partial charge in [-0.05, 0) is 72.2 Å². The first-order valence-corrected chi connectivity index (χ1v) is 14.4. The molecule has 6 nitrogen and oxygen atoms in total. The summed E-state index contributed by atoms with van der Waals surface area (Å²) in [7, 11) is 0. The molecule has 0 unspecified atom stereocenters. The number of fused-ring (bicyclic) bond motifs is 6. The number of nitrogens with one attached hydrogen (secondary N) is 1. The maximum Gasteiger partial charge on any atom is 0.238 e. The van der Waals surface area contributed by atoms with Gasteiger partial charge in [0.05, 0.1) is 24.1 Å². The highest BCUT2D eigenvalue weighted by Crippen LogP contribution is 2.62. The predicted molar refractivity (Wildman–Crippen MR) is 162 cm³/mol. The van der Waals surface area contributed by atoms with Crippen molar-refractivity contribution in [3.8, 4) is 5.75 Å². The largest absolute Gasteiger partial charge is 0.493 e. The number of carbonyl (C=O) groups excluding carboxylic acids is 3. The third kappa shape index (κ3) is 3.68. The monoisotopic (exact) mass is 574 g/mol. The van der Waals surface area contributed by atoms with Gasteiger partial charge in [-0.2, -0.15) is 0 Å². The molecule has 4 aromatic rings. The summed E-state index contributed by atoms with van der Waals surface area (Å²) in [6.07, 6.45) is 3.81. The zero-order valence-corrected chi connectivity index (χ0v) is 23.5. The molecule has 42 heavy (non-hydrogen) atoms. The summed E-state index contributed by atoms with van der Waals surface area (Å²) < 4.78 is 5.88. The summed E-state index contributed by atoms with van der Waals surface area (Å²) in [5.74, 6) is -1.54. The van der Waals surface area contributed by atoms with Gasteiger partial charge in [-0.15, -0.1) is 0 Å². The molecule has 7 rings (SSSR count). The van der Waals surface area contributed by atoms with Crippen molar-refractivity contribution >= 4 is 40.8 Å². The molecule has 1 fully saturated rings. The van der Waals surface area contributed by atoms with Gasteiger partial charge < -0.3 is 15.0 Å². The van der Waals surface area contributed by atoms with Gasteiger partial charge in [-0.3, -0.25) is 14.4 Å². The van der Waals surface area contributed by atoms with Gasteiger partial charge >= 0.3 is 0 Å². The minimum absolute atomic E-state index is 0.262. The van der Waals surface area contributed by atoms with Crippen LogP contribution in [0.25, 0.3) is 6.08 Å². The zero-order valence-electron chi connectivity index (χ0n) is 22.8. The lowest BCUT2D eigenvalue weighted by Gasteiger charge is -2.38. The number of carbonyl (C=O) groups is 3. The van der Waals surface area contributed by atoms with Crippen LogP contribution in [0.15, 0.2) is 103 Å². The van der Waals surface area contributed by atoms with E-state index in [9.17, 15) is 9.59 Å². The molecule has 1 spiro atoms. The van der Waals surface area contributed by atoms with E-state index in [1.807, 2.05) is 78.7 Å². The lowest BCUT2D eigenvalue weighted by molar-refractivity contribution is -0.122. The minimum atomic E-state index is -1.40. The summed E-state index contributed by atoms with van der Waals surface area (Å²) in [5, 5.41) is 3.58. The fraction of sp³-hybridized carbons (Fsp3) is 0.171. The van der Waals surface area contributed by atoms with Gasteiger partial charge in [0.25, 0.3) is 0 Å². The number of hydrogen-bond donors (Lipinski definition) is 1. The van der Waals surface area contributed by atoms with Crippen LogP contribution in [0.4, 0.5) is 5.69 Å². The van der Waals surface area contributed by atoms with E-state index < -0.39 is 23.4 Å². The van der Waals surface area contributed by atoms with Gasteiger partial charge in [0.2, 0.25) is 5.91 Å². The van der Waals surface area contributed by atoms with E-state index in [1.54, 1.807) is 42.5 Å². The van der Waals surface area contributed by atoms with E-state index >= 15 is 4.79 Å². The minimum Gasteiger partial charge on any atom is -0.493 e. The van der Waals surface area contributed by atoms with E-state index in [4.69, 9.17) is 16.3 Å². The van der Waals surface area contributed by atoms with E-state index in [2.05, 4.69) is 5.32 Å². The zero-order chi connectivity index (χ0) is 29.0. The van der Waals surface area contributed by atoms with Gasteiger partial charge in [0, 0.05) is 22.5 Å². The molecule has 0 radical (unpaired) electrons. The molecule has 4 atom stereocenters. The van der Waals surface area contributed by atoms with Crippen molar-refractivity contribution in [3.05, 3.63) is 136 Å². The third-order valence-electron chi connectivity index (χ3n) is 8.70. The number of amides is 1. The number of ketones is 2. The van der Waals surface area contributed by atoms with Crippen LogP contribution in [-0.2, 0) is 10.2 Å². The molecular weight excluding hydrogens is 548 g/mol. The van der Waals surface area contributed by atoms with Crippen molar-refractivity contribution in [1.29, 1.82) is 0 Å². The maximum atomic E-state index is 15.0. The predicted octanol–water partition coefficient (Wildman–Crippen LogP) is 6.72. The summed E-state index contributed by atoms with van der Waals surface area (Å²) in [6, 6.07) is 27.4. The van der Waals surface area contributed by atoms with E-state index in [-0.39, 0.29) is 17.5 Å². The molecule has 0 aliphatic carbocycles. The third-order valence-corrected chi connectivity index (χ3v) is 8.95. The number of para-hydroxylation sites is 2. The van der Waals surface area contributed by atoms with Crippen molar-refractivity contribution in [2.45, 2.75) is 24.4 Å². The number of nitrogens with zero attached hydrogens (tertiary/aromatic N) is 1. The Morgan fingerprint density at radius 1 is 0.905 bits per heavy atom. The summed E-state index contributed by atoms with van der Waals surface area (Å²) in [4.78, 5) is 46.1. The van der Waals surface area contributed by atoms with Crippen molar-refractivity contribution < 1.29 is 19.1 Å². The fourth-order valence-electron chi connectivity index (χ4n) is 7.07. The Morgan fingerprint density at radius 2 is 1.62 bits per heavy atom. The average molecular weight is 575 g/mol. The van der Waals surface area contributed by atoms with Gasteiger partial charge in [-0.25, -0.2) is 0 Å². The lowest BCUT2D eigenvalue weighted by Crippen LogP contribution is -2.49. The Kier molecular flexibility index (Phi) is 6.24. The van der Waals surface area contributed by atoms with Gasteiger partial charge in [0.1, 0.15) is 17.2 Å². The smallest absolute Gasteiger partial charge is 0.238 e. The van der Waals surface area contributed by atoms with Crippen LogP contribution in [0.3, 0.4) is 0 Å². The number of benzene rings is 4. The first-order valence-electron chi connectivity index (χ1n) is 14.0. The molecule has 3 heterocycles. The number of anilines is 1. The average Bonchev–Trinajstić information content (AvgIpc) is 3.49. The normalized spacial score (nSPS) is 23.2.